The van der Waals surface area contributed by atoms with Gasteiger partial charge in [-0.25, -0.2) is 0 Å². The van der Waals surface area contributed by atoms with Crippen LogP contribution in [0.1, 0.15) is 47.5 Å². The highest BCUT2D eigenvalue weighted by Gasteiger charge is 2.53. The fraction of sp³-hybridized carbons (Fsp3) is 1.00. The third-order valence-corrected chi connectivity index (χ3v) is 4.22. The minimum atomic E-state index is -0.293. The Balaban J connectivity index is 3.00. The lowest BCUT2D eigenvalue weighted by Crippen LogP contribution is -2.42. The van der Waals surface area contributed by atoms with Gasteiger partial charge in [-0.3, -0.25) is 0 Å². The number of aliphatic hydroxyl groups is 1. The number of aliphatic hydroxyl groups excluding tert-OH is 1. The summed E-state index contributed by atoms with van der Waals surface area (Å²) >= 11 is 0. The van der Waals surface area contributed by atoms with Crippen LogP contribution >= 0.6 is 0 Å². The van der Waals surface area contributed by atoms with Crippen molar-refractivity contribution in [3.63, 3.8) is 0 Å². The van der Waals surface area contributed by atoms with Crippen molar-refractivity contribution in [1.82, 2.24) is 0 Å². The predicted octanol–water partition coefficient (Wildman–Crippen LogP) is 2.66. The van der Waals surface area contributed by atoms with Gasteiger partial charge in [-0.2, -0.15) is 0 Å². The standard InChI is InChI=1S/C14H29BO2/c1-7-14(8-9(2)3)11(10(4)5)12(16)13(15-6)17-14/h9-13,15-16H,7-8H2,1-6H3. The van der Waals surface area contributed by atoms with Crippen molar-refractivity contribution in [2.45, 2.75) is 72.0 Å². The minimum Gasteiger partial charge on any atom is -0.391 e. The van der Waals surface area contributed by atoms with Crippen molar-refractivity contribution in [1.29, 1.82) is 0 Å². The maximum Gasteiger partial charge on any atom is 0.158 e. The second-order valence-corrected chi connectivity index (χ2v) is 6.34. The topological polar surface area (TPSA) is 29.5 Å². The quantitative estimate of drug-likeness (QED) is 0.748. The van der Waals surface area contributed by atoms with Crippen molar-refractivity contribution in [2.24, 2.45) is 17.8 Å². The van der Waals surface area contributed by atoms with E-state index in [0.29, 0.717) is 11.8 Å². The molecule has 0 aromatic carbocycles. The molecule has 1 aliphatic rings. The Bertz CT molecular complexity index is 242. The van der Waals surface area contributed by atoms with Gasteiger partial charge in [-0.05, 0) is 24.7 Å². The van der Waals surface area contributed by atoms with E-state index >= 15 is 0 Å². The van der Waals surface area contributed by atoms with E-state index in [1.807, 2.05) is 0 Å². The number of ether oxygens (including phenoxy) is 1. The molecule has 4 unspecified atom stereocenters. The van der Waals surface area contributed by atoms with Gasteiger partial charge in [0.1, 0.15) is 0 Å². The van der Waals surface area contributed by atoms with Crippen LogP contribution in [0, 0.1) is 17.8 Å². The van der Waals surface area contributed by atoms with Gasteiger partial charge in [0.25, 0.3) is 0 Å². The first-order valence-corrected chi connectivity index (χ1v) is 7.23. The van der Waals surface area contributed by atoms with Gasteiger partial charge in [0.2, 0.25) is 0 Å². The third kappa shape index (κ3) is 2.87. The Morgan fingerprint density at radius 3 is 2.24 bits per heavy atom. The van der Waals surface area contributed by atoms with Crippen molar-refractivity contribution in [3.05, 3.63) is 0 Å². The molecule has 100 valence electrons. The molecule has 1 rings (SSSR count). The van der Waals surface area contributed by atoms with Gasteiger partial charge in [0.05, 0.1) is 17.7 Å². The van der Waals surface area contributed by atoms with Crippen molar-refractivity contribution in [3.8, 4) is 0 Å². The van der Waals surface area contributed by atoms with Crippen LogP contribution in [-0.2, 0) is 4.74 Å². The molecule has 0 saturated carbocycles. The number of rotatable bonds is 5. The summed E-state index contributed by atoms with van der Waals surface area (Å²) in [5, 5.41) is 10.5. The molecule has 1 N–H and O–H groups in total. The second-order valence-electron chi connectivity index (χ2n) is 6.34. The lowest BCUT2D eigenvalue weighted by molar-refractivity contribution is -0.0618. The van der Waals surface area contributed by atoms with Crippen molar-refractivity contribution >= 4 is 7.28 Å². The van der Waals surface area contributed by atoms with E-state index in [2.05, 4.69) is 41.4 Å². The molecule has 2 nitrogen and oxygen atoms in total. The van der Waals surface area contributed by atoms with Crippen molar-refractivity contribution < 1.29 is 9.84 Å². The molecule has 0 aromatic rings. The summed E-state index contributed by atoms with van der Waals surface area (Å²) in [7, 11) is 0.907. The molecule has 1 heterocycles. The van der Waals surface area contributed by atoms with E-state index in [9.17, 15) is 5.11 Å². The van der Waals surface area contributed by atoms with Gasteiger partial charge in [0.15, 0.2) is 7.28 Å². The summed E-state index contributed by atoms with van der Waals surface area (Å²) in [6.45, 7) is 13.2. The Morgan fingerprint density at radius 2 is 1.88 bits per heavy atom. The summed E-state index contributed by atoms with van der Waals surface area (Å²) in [5.74, 6) is 1.36. The van der Waals surface area contributed by atoms with E-state index in [1.165, 1.54) is 0 Å². The van der Waals surface area contributed by atoms with Gasteiger partial charge in [-0.1, -0.05) is 41.4 Å². The fourth-order valence-electron chi connectivity index (χ4n) is 3.66. The second kappa shape index (κ2) is 5.75. The van der Waals surface area contributed by atoms with E-state index in [-0.39, 0.29) is 23.6 Å². The van der Waals surface area contributed by atoms with Crippen LogP contribution in [0.5, 0.6) is 0 Å². The molecular weight excluding hydrogens is 211 g/mol. The summed E-state index contributed by atoms with van der Waals surface area (Å²) in [6, 6.07) is 0.0288. The zero-order valence-electron chi connectivity index (χ0n) is 12.4. The predicted molar refractivity (Wildman–Crippen MR) is 74.7 cm³/mol. The SMILES string of the molecule is CBC1OC(CC)(CC(C)C)C(C(C)C)C1O. The largest absolute Gasteiger partial charge is 0.391 e. The first-order valence-electron chi connectivity index (χ1n) is 7.23. The molecule has 0 radical (unpaired) electrons. The minimum absolute atomic E-state index is 0.0288. The molecule has 1 aliphatic heterocycles. The van der Waals surface area contributed by atoms with E-state index in [0.717, 1.165) is 20.1 Å². The fourth-order valence-corrected chi connectivity index (χ4v) is 3.66. The molecule has 0 aliphatic carbocycles. The summed E-state index contributed by atoms with van der Waals surface area (Å²) in [4.78, 5) is 0. The molecule has 1 saturated heterocycles. The van der Waals surface area contributed by atoms with Crippen molar-refractivity contribution in [2.75, 3.05) is 0 Å². The van der Waals surface area contributed by atoms with Gasteiger partial charge >= 0.3 is 0 Å². The lowest BCUT2D eigenvalue weighted by atomic mass is 9.66. The average Bonchev–Trinajstić information content (AvgIpc) is 2.50. The lowest BCUT2D eigenvalue weighted by Gasteiger charge is -2.38. The van der Waals surface area contributed by atoms with Crippen LogP contribution in [0.2, 0.25) is 6.82 Å². The molecule has 17 heavy (non-hydrogen) atoms. The van der Waals surface area contributed by atoms with Gasteiger partial charge in [0, 0.05) is 5.92 Å². The first-order chi connectivity index (χ1) is 7.88. The molecule has 4 atom stereocenters. The molecule has 3 heteroatoms. The Labute approximate surface area is 107 Å². The maximum absolute atomic E-state index is 10.5. The van der Waals surface area contributed by atoms with Crippen LogP contribution in [0.15, 0.2) is 0 Å². The van der Waals surface area contributed by atoms with Crippen LogP contribution in [0.25, 0.3) is 0 Å². The summed E-state index contributed by atoms with van der Waals surface area (Å²) in [6.07, 6.45) is 1.76. The Kier molecular flexibility index (Phi) is 5.09. The normalized spacial score (nSPS) is 38.1. The smallest absolute Gasteiger partial charge is 0.158 e. The van der Waals surface area contributed by atoms with E-state index < -0.39 is 0 Å². The molecule has 1 fully saturated rings. The maximum atomic E-state index is 10.5. The molecule has 0 spiro atoms. The third-order valence-electron chi connectivity index (χ3n) is 4.22. The molecule has 0 aromatic heterocycles. The monoisotopic (exact) mass is 240 g/mol. The van der Waals surface area contributed by atoms with Crippen LogP contribution in [0.4, 0.5) is 0 Å². The zero-order valence-corrected chi connectivity index (χ0v) is 12.4. The highest BCUT2D eigenvalue weighted by atomic mass is 16.5. The highest BCUT2D eigenvalue weighted by molar-refractivity contribution is 6.35. The van der Waals surface area contributed by atoms with Crippen LogP contribution < -0.4 is 0 Å². The molecule has 0 amide bonds. The van der Waals surface area contributed by atoms with Crippen LogP contribution in [0.3, 0.4) is 0 Å². The zero-order chi connectivity index (χ0) is 13.2. The van der Waals surface area contributed by atoms with E-state index in [4.69, 9.17) is 4.74 Å². The van der Waals surface area contributed by atoms with E-state index in [1.54, 1.807) is 0 Å². The molecular formula is C14H29BO2. The molecule has 0 bridgehead atoms. The Hall–Kier alpha value is -0.0151. The highest BCUT2D eigenvalue weighted by Crippen LogP contribution is 2.46. The van der Waals surface area contributed by atoms with Gasteiger partial charge < -0.3 is 9.84 Å². The van der Waals surface area contributed by atoms with Gasteiger partial charge in [-0.15, -0.1) is 0 Å². The first kappa shape index (κ1) is 15.0. The number of hydrogen-bond acceptors (Lipinski definition) is 2. The average molecular weight is 240 g/mol. The Morgan fingerprint density at radius 1 is 1.29 bits per heavy atom. The number of hydrogen-bond donors (Lipinski definition) is 1. The summed E-state index contributed by atoms with van der Waals surface area (Å²) < 4.78 is 6.29. The van der Waals surface area contributed by atoms with Crippen LogP contribution in [-0.4, -0.2) is 30.1 Å². The summed E-state index contributed by atoms with van der Waals surface area (Å²) in [5.41, 5.74) is -0.109.